The number of hydrogen-bond acceptors (Lipinski definition) is 0. The molecule has 2 atom stereocenters. The van der Waals surface area contributed by atoms with Crippen molar-refractivity contribution in [1.82, 2.24) is 0 Å². The minimum absolute atomic E-state index is 0.873. The molecule has 10 heavy (non-hydrogen) atoms. The molecule has 0 heteroatoms. The summed E-state index contributed by atoms with van der Waals surface area (Å²) in [6.07, 6.45) is 5.08. The summed E-state index contributed by atoms with van der Waals surface area (Å²) in [5.41, 5.74) is 0. The Kier molecular flexibility index (Phi) is 5.76. The highest BCUT2D eigenvalue weighted by molar-refractivity contribution is 4.61. The van der Waals surface area contributed by atoms with Crippen molar-refractivity contribution in [2.75, 3.05) is 0 Å². The quantitative estimate of drug-likeness (QED) is 0.548. The van der Waals surface area contributed by atoms with Crippen molar-refractivity contribution in [3.05, 3.63) is 6.92 Å². The van der Waals surface area contributed by atoms with E-state index >= 15 is 0 Å². The van der Waals surface area contributed by atoms with Gasteiger partial charge in [0.2, 0.25) is 0 Å². The van der Waals surface area contributed by atoms with E-state index < -0.39 is 0 Å². The van der Waals surface area contributed by atoms with Crippen molar-refractivity contribution in [1.29, 1.82) is 0 Å². The molecule has 0 aromatic rings. The molecule has 0 aromatic carbocycles. The molecule has 0 spiro atoms. The Labute approximate surface area is 66.0 Å². The van der Waals surface area contributed by atoms with E-state index in [1.54, 1.807) is 0 Å². The summed E-state index contributed by atoms with van der Waals surface area (Å²) in [6, 6.07) is 0. The van der Waals surface area contributed by atoms with E-state index in [1.165, 1.54) is 19.3 Å². The van der Waals surface area contributed by atoms with Crippen LogP contribution in [0.2, 0.25) is 0 Å². The molecule has 0 amide bonds. The van der Waals surface area contributed by atoms with Crippen molar-refractivity contribution >= 4 is 0 Å². The zero-order valence-electron chi connectivity index (χ0n) is 7.69. The van der Waals surface area contributed by atoms with E-state index in [1.807, 2.05) is 0 Å². The number of rotatable bonds is 5. The van der Waals surface area contributed by atoms with Crippen LogP contribution in [-0.2, 0) is 0 Å². The fourth-order valence-corrected chi connectivity index (χ4v) is 1.35. The molecule has 1 radical (unpaired) electrons. The summed E-state index contributed by atoms with van der Waals surface area (Å²) in [5, 5.41) is 0. The van der Waals surface area contributed by atoms with Crippen LogP contribution in [0.5, 0.6) is 0 Å². The van der Waals surface area contributed by atoms with Gasteiger partial charge in [0, 0.05) is 0 Å². The summed E-state index contributed by atoms with van der Waals surface area (Å²) < 4.78 is 0. The topological polar surface area (TPSA) is 0 Å². The van der Waals surface area contributed by atoms with Gasteiger partial charge in [-0.05, 0) is 11.8 Å². The second-order valence-corrected chi connectivity index (χ2v) is 3.39. The molecule has 0 aliphatic heterocycles. The maximum atomic E-state index is 3.87. The Bertz CT molecular complexity index is 56.4. The SMILES string of the molecule is [CH2]CCC(C)C(C)CCC. The van der Waals surface area contributed by atoms with Crippen molar-refractivity contribution in [3.8, 4) is 0 Å². The van der Waals surface area contributed by atoms with Crippen molar-refractivity contribution in [2.24, 2.45) is 11.8 Å². The lowest BCUT2D eigenvalue weighted by molar-refractivity contribution is 0.343. The summed E-state index contributed by atoms with van der Waals surface area (Å²) in [4.78, 5) is 0. The van der Waals surface area contributed by atoms with Crippen LogP contribution >= 0.6 is 0 Å². The first-order valence-corrected chi connectivity index (χ1v) is 4.51. The fraction of sp³-hybridized carbons (Fsp3) is 0.900. The van der Waals surface area contributed by atoms with Crippen molar-refractivity contribution in [2.45, 2.75) is 46.5 Å². The Balaban J connectivity index is 3.38. The highest BCUT2D eigenvalue weighted by Crippen LogP contribution is 2.20. The van der Waals surface area contributed by atoms with Crippen molar-refractivity contribution < 1.29 is 0 Å². The molecule has 0 aromatic heterocycles. The predicted molar refractivity (Wildman–Crippen MR) is 47.8 cm³/mol. The minimum Gasteiger partial charge on any atom is -0.0654 e. The summed E-state index contributed by atoms with van der Waals surface area (Å²) in [6.45, 7) is 10.8. The van der Waals surface area contributed by atoms with Gasteiger partial charge in [0.05, 0.1) is 0 Å². The minimum atomic E-state index is 0.873. The van der Waals surface area contributed by atoms with Crippen LogP contribution in [0.25, 0.3) is 0 Å². The largest absolute Gasteiger partial charge is 0.0654 e. The van der Waals surface area contributed by atoms with Crippen LogP contribution in [0.1, 0.15) is 46.5 Å². The average Bonchev–Trinajstić information content (AvgIpc) is 1.89. The lowest BCUT2D eigenvalue weighted by Crippen LogP contribution is -2.06. The van der Waals surface area contributed by atoms with Crippen molar-refractivity contribution in [3.63, 3.8) is 0 Å². The molecule has 0 fully saturated rings. The third-order valence-corrected chi connectivity index (χ3v) is 2.37. The molecule has 0 aliphatic carbocycles. The van der Waals surface area contributed by atoms with Crippen LogP contribution in [0.4, 0.5) is 0 Å². The van der Waals surface area contributed by atoms with Crippen LogP contribution < -0.4 is 0 Å². The standard InChI is InChI=1S/C10H21/c1-5-7-9(3)10(4)8-6-2/h9-10H,1,5-8H2,2-4H3. The molecular formula is C10H21. The first-order chi connectivity index (χ1) is 4.72. The van der Waals surface area contributed by atoms with Crippen LogP contribution in [0, 0.1) is 18.8 Å². The highest BCUT2D eigenvalue weighted by atomic mass is 14.1. The fourth-order valence-electron chi connectivity index (χ4n) is 1.35. The Morgan fingerprint density at radius 1 is 1.10 bits per heavy atom. The first kappa shape index (κ1) is 10.0. The second kappa shape index (κ2) is 5.76. The molecule has 0 nitrogen and oxygen atoms in total. The molecule has 2 unspecified atom stereocenters. The van der Waals surface area contributed by atoms with Crippen LogP contribution in [-0.4, -0.2) is 0 Å². The van der Waals surface area contributed by atoms with E-state index in [2.05, 4.69) is 27.7 Å². The summed E-state index contributed by atoms with van der Waals surface area (Å²) in [7, 11) is 0. The normalized spacial score (nSPS) is 16.8. The maximum absolute atomic E-state index is 3.87. The molecular weight excluding hydrogens is 120 g/mol. The summed E-state index contributed by atoms with van der Waals surface area (Å²) >= 11 is 0. The van der Waals surface area contributed by atoms with Gasteiger partial charge in [-0.25, -0.2) is 0 Å². The van der Waals surface area contributed by atoms with Crippen LogP contribution in [0.15, 0.2) is 0 Å². The Hall–Kier alpha value is 0. The molecule has 0 bridgehead atoms. The first-order valence-electron chi connectivity index (χ1n) is 4.51. The lowest BCUT2D eigenvalue weighted by atomic mass is 9.89. The third kappa shape index (κ3) is 3.92. The van der Waals surface area contributed by atoms with Gasteiger partial charge >= 0.3 is 0 Å². The highest BCUT2D eigenvalue weighted by Gasteiger charge is 2.08. The zero-order chi connectivity index (χ0) is 7.98. The predicted octanol–water partition coefficient (Wildman–Crippen LogP) is 3.67. The van der Waals surface area contributed by atoms with Gasteiger partial charge in [0.1, 0.15) is 0 Å². The smallest absolute Gasteiger partial charge is 0.0417 e. The van der Waals surface area contributed by atoms with Gasteiger partial charge in [-0.2, -0.15) is 0 Å². The van der Waals surface area contributed by atoms with E-state index in [-0.39, 0.29) is 0 Å². The Morgan fingerprint density at radius 3 is 2.00 bits per heavy atom. The number of hydrogen-bond donors (Lipinski definition) is 0. The van der Waals surface area contributed by atoms with Gasteiger partial charge in [-0.15, -0.1) is 0 Å². The van der Waals surface area contributed by atoms with E-state index in [9.17, 15) is 0 Å². The lowest BCUT2D eigenvalue weighted by Gasteiger charge is -2.17. The Morgan fingerprint density at radius 2 is 1.60 bits per heavy atom. The van der Waals surface area contributed by atoms with E-state index in [0.29, 0.717) is 0 Å². The molecule has 0 saturated carbocycles. The van der Waals surface area contributed by atoms with Gasteiger partial charge in [-0.3, -0.25) is 0 Å². The second-order valence-electron chi connectivity index (χ2n) is 3.39. The monoisotopic (exact) mass is 141 g/mol. The average molecular weight is 141 g/mol. The third-order valence-electron chi connectivity index (χ3n) is 2.37. The molecule has 0 N–H and O–H groups in total. The maximum Gasteiger partial charge on any atom is -0.0417 e. The molecule has 0 saturated heterocycles. The van der Waals surface area contributed by atoms with Gasteiger partial charge in [0.25, 0.3) is 0 Å². The van der Waals surface area contributed by atoms with E-state index in [4.69, 9.17) is 0 Å². The molecule has 0 aliphatic rings. The van der Waals surface area contributed by atoms with E-state index in [0.717, 1.165) is 18.3 Å². The zero-order valence-corrected chi connectivity index (χ0v) is 7.69. The molecule has 0 heterocycles. The van der Waals surface area contributed by atoms with Gasteiger partial charge in [0.15, 0.2) is 0 Å². The molecule has 0 rings (SSSR count). The van der Waals surface area contributed by atoms with Crippen LogP contribution in [0.3, 0.4) is 0 Å². The van der Waals surface area contributed by atoms with Gasteiger partial charge < -0.3 is 0 Å². The summed E-state index contributed by atoms with van der Waals surface area (Å²) in [5.74, 6) is 1.77. The molecule has 61 valence electrons. The van der Waals surface area contributed by atoms with Gasteiger partial charge in [-0.1, -0.05) is 53.4 Å².